The second kappa shape index (κ2) is 6.51. The third kappa shape index (κ3) is 4.43. The maximum absolute atomic E-state index is 5.62. The third-order valence-corrected chi connectivity index (χ3v) is 4.08. The van der Waals surface area contributed by atoms with Crippen molar-refractivity contribution in [2.75, 3.05) is 11.9 Å². The molecule has 0 radical (unpaired) electrons. The van der Waals surface area contributed by atoms with Crippen LogP contribution in [0.1, 0.15) is 53.4 Å². The van der Waals surface area contributed by atoms with E-state index in [0.717, 1.165) is 24.7 Å². The molecule has 112 valence electrons. The van der Waals surface area contributed by atoms with E-state index in [-0.39, 0.29) is 0 Å². The van der Waals surface area contributed by atoms with Gasteiger partial charge in [-0.05, 0) is 61.3 Å². The van der Waals surface area contributed by atoms with Crippen LogP contribution in [-0.2, 0) is 0 Å². The molecule has 0 spiro atoms. The monoisotopic (exact) mass is 275 g/mol. The predicted octanol–water partition coefficient (Wildman–Crippen LogP) is 5.10. The van der Waals surface area contributed by atoms with Gasteiger partial charge in [-0.25, -0.2) is 0 Å². The molecule has 1 fully saturated rings. The lowest BCUT2D eigenvalue weighted by Gasteiger charge is -2.39. The van der Waals surface area contributed by atoms with Gasteiger partial charge in [-0.3, -0.25) is 0 Å². The van der Waals surface area contributed by atoms with Crippen LogP contribution < -0.4 is 10.1 Å². The molecule has 0 saturated heterocycles. The molecule has 2 atom stereocenters. The SMILES string of the molecule is CCCOc1ccc(NC2CC(C)CC(C)(C)C2)cc1. The molecule has 0 heterocycles. The number of rotatable bonds is 5. The first-order valence-corrected chi connectivity index (χ1v) is 7.98. The standard InChI is InChI=1S/C18H29NO/c1-5-10-20-17-8-6-15(7-9-17)19-16-11-14(2)12-18(3,4)13-16/h6-9,14,16,19H,5,10-13H2,1-4H3. The zero-order chi connectivity index (χ0) is 14.6. The van der Waals surface area contributed by atoms with Crippen molar-refractivity contribution in [2.24, 2.45) is 11.3 Å². The van der Waals surface area contributed by atoms with E-state index < -0.39 is 0 Å². The lowest BCUT2D eigenvalue weighted by Crippen LogP contribution is -2.35. The van der Waals surface area contributed by atoms with Gasteiger partial charge in [0.15, 0.2) is 0 Å². The van der Waals surface area contributed by atoms with Crippen LogP contribution in [0, 0.1) is 11.3 Å². The lowest BCUT2D eigenvalue weighted by atomic mass is 9.70. The fourth-order valence-electron chi connectivity index (χ4n) is 3.56. The van der Waals surface area contributed by atoms with Crippen molar-refractivity contribution in [1.82, 2.24) is 0 Å². The summed E-state index contributed by atoms with van der Waals surface area (Å²) in [6.45, 7) is 10.1. The molecule has 0 bridgehead atoms. The van der Waals surface area contributed by atoms with Crippen molar-refractivity contribution in [3.63, 3.8) is 0 Å². The molecule has 2 rings (SSSR count). The molecule has 1 aliphatic carbocycles. The maximum atomic E-state index is 5.62. The minimum absolute atomic E-state index is 0.458. The highest BCUT2D eigenvalue weighted by atomic mass is 16.5. The van der Waals surface area contributed by atoms with Gasteiger partial charge in [0.25, 0.3) is 0 Å². The van der Waals surface area contributed by atoms with Gasteiger partial charge < -0.3 is 10.1 Å². The van der Waals surface area contributed by atoms with Gasteiger partial charge in [0.1, 0.15) is 5.75 Å². The van der Waals surface area contributed by atoms with Crippen molar-refractivity contribution in [3.05, 3.63) is 24.3 Å². The van der Waals surface area contributed by atoms with Crippen molar-refractivity contribution < 1.29 is 4.74 Å². The molecule has 2 unspecified atom stereocenters. The zero-order valence-corrected chi connectivity index (χ0v) is 13.4. The van der Waals surface area contributed by atoms with Crippen LogP contribution in [0.15, 0.2) is 24.3 Å². The van der Waals surface area contributed by atoms with Gasteiger partial charge in [0.2, 0.25) is 0 Å². The molecule has 1 aromatic rings. The van der Waals surface area contributed by atoms with E-state index >= 15 is 0 Å². The number of benzene rings is 1. The minimum atomic E-state index is 0.458. The average Bonchev–Trinajstić information content (AvgIpc) is 2.35. The molecule has 1 saturated carbocycles. The maximum Gasteiger partial charge on any atom is 0.119 e. The number of ether oxygens (including phenoxy) is 1. The van der Waals surface area contributed by atoms with Crippen LogP contribution >= 0.6 is 0 Å². The normalized spacial score (nSPS) is 25.2. The van der Waals surface area contributed by atoms with Gasteiger partial charge in [-0.1, -0.05) is 27.7 Å². The van der Waals surface area contributed by atoms with E-state index in [0.29, 0.717) is 11.5 Å². The summed E-state index contributed by atoms with van der Waals surface area (Å²) in [4.78, 5) is 0. The van der Waals surface area contributed by atoms with Gasteiger partial charge in [0, 0.05) is 11.7 Å². The molecule has 2 heteroatoms. The number of anilines is 1. The van der Waals surface area contributed by atoms with Gasteiger partial charge in [-0.2, -0.15) is 0 Å². The zero-order valence-electron chi connectivity index (χ0n) is 13.4. The summed E-state index contributed by atoms with van der Waals surface area (Å²) in [5.41, 5.74) is 1.67. The number of hydrogen-bond acceptors (Lipinski definition) is 2. The molecule has 2 nitrogen and oxygen atoms in total. The fraction of sp³-hybridized carbons (Fsp3) is 0.667. The summed E-state index contributed by atoms with van der Waals surface area (Å²) in [6.07, 6.45) is 4.92. The van der Waals surface area contributed by atoms with E-state index in [1.807, 2.05) is 0 Å². The Balaban J connectivity index is 1.92. The Labute approximate surface area is 123 Å². The smallest absolute Gasteiger partial charge is 0.119 e. The van der Waals surface area contributed by atoms with E-state index in [1.165, 1.54) is 24.9 Å². The highest BCUT2D eigenvalue weighted by Gasteiger charge is 2.31. The Bertz CT molecular complexity index is 410. The van der Waals surface area contributed by atoms with Crippen molar-refractivity contribution in [3.8, 4) is 5.75 Å². The summed E-state index contributed by atoms with van der Waals surface area (Å²) in [6, 6.07) is 9.00. The van der Waals surface area contributed by atoms with Crippen LogP contribution in [0.4, 0.5) is 5.69 Å². The van der Waals surface area contributed by atoms with Crippen molar-refractivity contribution in [1.29, 1.82) is 0 Å². The Morgan fingerprint density at radius 3 is 2.50 bits per heavy atom. The number of hydrogen-bond donors (Lipinski definition) is 1. The second-order valence-electron chi connectivity index (χ2n) is 7.13. The summed E-state index contributed by atoms with van der Waals surface area (Å²) < 4.78 is 5.62. The molecule has 0 aromatic heterocycles. The van der Waals surface area contributed by atoms with Crippen LogP contribution in [0.2, 0.25) is 0 Å². The highest BCUT2D eigenvalue weighted by molar-refractivity contribution is 5.47. The fourth-order valence-corrected chi connectivity index (χ4v) is 3.56. The summed E-state index contributed by atoms with van der Waals surface area (Å²) in [7, 11) is 0. The Kier molecular flexibility index (Phi) is 4.95. The highest BCUT2D eigenvalue weighted by Crippen LogP contribution is 2.39. The predicted molar refractivity (Wildman–Crippen MR) is 86.4 cm³/mol. The first kappa shape index (κ1) is 15.2. The average molecular weight is 275 g/mol. The largest absolute Gasteiger partial charge is 0.494 e. The van der Waals surface area contributed by atoms with E-state index in [1.54, 1.807) is 0 Å². The third-order valence-electron chi connectivity index (χ3n) is 4.08. The first-order chi connectivity index (χ1) is 9.48. The molecular formula is C18H29NO. The van der Waals surface area contributed by atoms with Crippen molar-refractivity contribution in [2.45, 2.75) is 59.4 Å². The topological polar surface area (TPSA) is 21.3 Å². The van der Waals surface area contributed by atoms with E-state index in [2.05, 4.69) is 57.3 Å². The summed E-state index contributed by atoms with van der Waals surface area (Å²) >= 11 is 0. The van der Waals surface area contributed by atoms with Crippen LogP contribution in [0.5, 0.6) is 5.75 Å². The van der Waals surface area contributed by atoms with Crippen LogP contribution in [0.25, 0.3) is 0 Å². The molecule has 0 amide bonds. The van der Waals surface area contributed by atoms with Gasteiger partial charge in [-0.15, -0.1) is 0 Å². The van der Waals surface area contributed by atoms with Crippen LogP contribution in [0.3, 0.4) is 0 Å². The molecule has 1 aromatic carbocycles. The Morgan fingerprint density at radius 2 is 1.90 bits per heavy atom. The number of nitrogens with one attached hydrogen (secondary N) is 1. The first-order valence-electron chi connectivity index (χ1n) is 7.98. The minimum Gasteiger partial charge on any atom is -0.494 e. The van der Waals surface area contributed by atoms with E-state index in [4.69, 9.17) is 4.74 Å². The molecule has 20 heavy (non-hydrogen) atoms. The summed E-state index contributed by atoms with van der Waals surface area (Å²) in [5, 5.41) is 3.69. The lowest BCUT2D eigenvalue weighted by molar-refractivity contribution is 0.178. The summed E-state index contributed by atoms with van der Waals surface area (Å²) in [5.74, 6) is 1.78. The molecule has 0 aliphatic heterocycles. The van der Waals surface area contributed by atoms with Gasteiger partial charge in [0.05, 0.1) is 6.61 Å². The molecular weight excluding hydrogens is 246 g/mol. The Hall–Kier alpha value is -1.18. The Morgan fingerprint density at radius 1 is 1.20 bits per heavy atom. The van der Waals surface area contributed by atoms with E-state index in [9.17, 15) is 0 Å². The second-order valence-corrected chi connectivity index (χ2v) is 7.13. The van der Waals surface area contributed by atoms with Crippen molar-refractivity contribution >= 4 is 5.69 Å². The molecule has 1 N–H and O–H groups in total. The quantitative estimate of drug-likeness (QED) is 0.807. The van der Waals surface area contributed by atoms with Gasteiger partial charge >= 0.3 is 0 Å². The van der Waals surface area contributed by atoms with Crippen LogP contribution in [-0.4, -0.2) is 12.6 Å². The molecule has 1 aliphatic rings.